The molecule has 75 heavy (non-hydrogen) atoms. The summed E-state index contributed by atoms with van der Waals surface area (Å²) < 4.78 is 0. The molecule has 0 aromatic heterocycles. The van der Waals surface area contributed by atoms with Crippen molar-refractivity contribution >= 4 is 34.1 Å². The molecule has 1 spiro atoms. The van der Waals surface area contributed by atoms with Crippen molar-refractivity contribution in [2.24, 2.45) is 0 Å². The molecule has 0 saturated heterocycles. The van der Waals surface area contributed by atoms with Crippen LogP contribution >= 0.6 is 0 Å². The molecule has 0 saturated carbocycles. The van der Waals surface area contributed by atoms with E-state index < -0.39 is 5.41 Å². The van der Waals surface area contributed by atoms with Crippen LogP contribution in [0.15, 0.2) is 255 Å². The highest BCUT2D eigenvalue weighted by Gasteiger charge is 2.52. The molecule has 15 rings (SSSR count). The third kappa shape index (κ3) is 6.03. The second-order valence-electron chi connectivity index (χ2n) is 22.0. The van der Waals surface area contributed by atoms with Gasteiger partial charge in [-0.25, -0.2) is 0 Å². The fourth-order valence-electron chi connectivity index (χ4n) is 14.1. The van der Waals surface area contributed by atoms with Gasteiger partial charge in [-0.05, 0) is 150 Å². The number of rotatable bonds is 7. The average Bonchev–Trinajstić information content (AvgIpc) is 4.21. The van der Waals surface area contributed by atoms with E-state index in [0.717, 1.165) is 28.4 Å². The van der Waals surface area contributed by atoms with Gasteiger partial charge >= 0.3 is 0 Å². The SMILES string of the molecule is CC1(C)c2ccccc2-c2ccc(N(c3ccc4c(c3)C3(c5ccccc5-4)c4ccccc4-c4ccc(N(c5ccccc5)c5cccc6c5-c5ccccc5C6(C)C)cc43)c3ccccc3-c3ccccc3)cc21. The molecule has 356 valence electrons. The molecule has 11 aromatic carbocycles. The summed E-state index contributed by atoms with van der Waals surface area (Å²) in [5.41, 5.74) is 29.3. The molecule has 0 bridgehead atoms. The Morgan fingerprint density at radius 1 is 0.240 bits per heavy atom. The van der Waals surface area contributed by atoms with Crippen molar-refractivity contribution in [2.75, 3.05) is 9.80 Å². The first-order chi connectivity index (χ1) is 36.7. The Morgan fingerprint density at radius 3 is 1.20 bits per heavy atom. The van der Waals surface area contributed by atoms with Gasteiger partial charge in [-0.1, -0.05) is 222 Å². The van der Waals surface area contributed by atoms with Crippen LogP contribution in [0.1, 0.15) is 72.2 Å². The Bertz CT molecular complexity index is 4130. The quantitative estimate of drug-likeness (QED) is 0.157. The van der Waals surface area contributed by atoms with Crippen LogP contribution in [0.2, 0.25) is 0 Å². The zero-order chi connectivity index (χ0) is 50.2. The van der Waals surface area contributed by atoms with E-state index in [-0.39, 0.29) is 10.8 Å². The van der Waals surface area contributed by atoms with Crippen molar-refractivity contribution in [3.8, 4) is 55.6 Å². The van der Waals surface area contributed by atoms with Gasteiger partial charge in [0.2, 0.25) is 0 Å². The van der Waals surface area contributed by atoms with E-state index in [9.17, 15) is 0 Å². The molecule has 4 aliphatic rings. The summed E-state index contributed by atoms with van der Waals surface area (Å²) in [6, 6.07) is 95.9. The molecule has 0 fully saturated rings. The molecule has 4 aliphatic carbocycles. The normalized spacial score (nSPS) is 16.0. The maximum atomic E-state index is 2.54. The number of hydrogen-bond donors (Lipinski definition) is 0. The highest BCUT2D eigenvalue weighted by atomic mass is 15.2. The molecule has 0 aliphatic heterocycles. The zero-order valence-corrected chi connectivity index (χ0v) is 42.6. The Balaban J connectivity index is 0.984. The summed E-state index contributed by atoms with van der Waals surface area (Å²) in [4.78, 5) is 5.05. The fraction of sp³-hybridized carbons (Fsp3) is 0.0959. The first-order valence-electron chi connectivity index (χ1n) is 26.5. The van der Waals surface area contributed by atoms with E-state index in [1.807, 2.05) is 0 Å². The first-order valence-corrected chi connectivity index (χ1v) is 26.5. The van der Waals surface area contributed by atoms with E-state index in [1.54, 1.807) is 0 Å². The third-order valence-corrected chi connectivity index (χ3v) is 17.5. The molecule has 2 nitrogen and oxygen atoms in total. The lowest BCUT2D eigenvalue weighted by molar-refractivity contribution is 0.660. The standard InChI is InChI=1S/C73H54N2/c1-71(2)61-32-17-14-30-59(61)70-64(71)35-21-37-69(70)74(48-24-9-6-10-25-48)50-39-42-57-54-28-12-18-33-62(54)73(66(57)45-50)63-34-19-13-29-55(63)58-43-40-51(46-67(58)73)75(68-36-20-15-26-52(68)47-22-7-5-8-23-47)49-38-41-56-53-27-11-16-31-60(53)72(3,4)65(56)44-49/h5-46H,1-4H3. The summed E-state index contributed by atoms with van der Waals surface area (Å²) in [6.07, 6.45) is 0. The minimum absolute atomic E-state index is 0.139. The molecule has 1 unspecified atom stereocenters. The summed E-state index contributed by atoms with van der Waals surface area (Å²) in [5.74, 6) is 0. The van der Waals surface area contributed by atoms with Crippen molar-refractivity contribution in [1.29, 1.82) is 0 Å². The van der Waals surface area contributed by atoms with Crippen molar-refractivity contribution in [3.05, 3.63) is 299 Å². The van der Waals surface area contributed by atoms with Crippen LogP contribution in [0, 0.1) is 0 Å². The summed E-state index contributed by atoms with van der Waals surface area (Å²) in [5, 5.41) is 0. The minimum atomic E-state index is -0.619. The zero-order valence-electron chi connectivity index (χ0n) is 42.6. The van der Waals surface area contributed by atoms with Gasteiger partial charge < -0.3 is 9.80 Å². The summed E-state index contributed by atoms with van der Waals surface area (Å²) >= 11 is 0. The van der Waals surface area contributed by atoms with E-state index in [1.165, 1.54) is 106 Å². The summed E-state index contributed by atoms with van der Waals surface area (Å²) in [6.45, 7) is 9.51. The molecule has 0 heterocycles. The van der Waals surface area contributed by atoms with Crippen LogP contribution < -0.4 is 9.80 Å². The Labute approximate surface area is 440 Å². The predicted molar refractivity (Wildman–Crippen MR) is 313 cm³/mol. The van der Waals surface area contributed by atoms with Crippen molar-refractivity contribution < 1.29 is 0 Å². The number of para-hydroxylation sites is 2. The second-order valence-corrected chi connectivity index (χ2v) is 22.0. The number of fused-ring (bicyclic) bond motifs is 16. The number of hydrogen-bond acceptors (Lipinski definition) is 2. The lowest BCUT2D eigenvalue weighted by Crippen LogP contribution is -2.26. The Kier molecular flexibility index (Phi) is 9.30. The highest BCUT2D eigenvalue weighted by molar-refractivity contribution is 6.00. The van der Waals surface area contributed by atoms with Gasteiger partial charge in [0.25, 0.3) is 0 Å². The predicted octanol–water partition coefficient (Wildman–Crippen LogP) is 19.2. The van der Waals surface area contributed by atoms with Gasteiger partial charge in [0, 0.05) is 44.7 Å². The van der Waals surface area contributed by atoms with Crippen molar-refractivity contribution in [1.82, 2.24) is 0 Å². The minimum Gasteiger partial charge on any atom is -0.310 e. The van der Waals surface area contributed by atoms with E-state index in [4.69, 9.17) is 0 Å². The molecular weight excluding hydrogens is 905 g/mol. The smallest absolute Gasteiger partial charge is 0.0727 e. The third-order valence-electron chi connectivity index (χ3n) is 17.5. The van der Waals surface area contributed by atoms with Gasteiger partial charge in [-0.2, -0.15) is 0 Å². The second kappa shape index (κ2) is 16.0. The number of nitrogens with zero attached hydrogens (tertiary/aromatic N) is 2. The van der Waals surface area contributed by atoms with Gasteiger partial charge in [-0.3, -0.25) is 0 Å². The van der Waals surface area contributed by atoms with Crippen LogP contribution in [0.5, 0.6) is 0 Å². The topological polar surface area (TPSA) is 6.48 Å². The molecule has 0 radical (unpaired) electrons. The largest absolute Gasteiger partial charge is 0.310 e. The Hall–Kier alpha value is -8.98. The molecule has 0 amide bonds. The number of benzene rings is 11. The van der Waals surface area contributed by atoms with E-state index in [0.29, 0.717) is 0 Å². The van der Waals surface area contributed by atoms with Gasteiger partial charge in [0.15, 0.2) is 0 Å². The van der Waals surface area contributed by atoms with Gasteiger partial charge in [0.05, 0.1) is 16.8 Å². The van der Waals surface area contributed by atoms with Crippen LogP contribution in [-0.2, 0) is 16.2 Å². The Morgan fingerprint density at radius 2 is 0.613 bits per heavy atom. The van der Waals surface area contributed by atoms with E-state index >= 15 is 0 Å². The van der Waals surface area contributed by atoms with Crippen LogP contribution in [-0.4, -0.2) is 0 Å². The molecular formula is C73H54N2. The van der Waals surface area contributed by atoms with Crippen LogP contribution in [0.3, 0.4) is 0 Å². The molecule has 0 N–H and O–H groups in total. The van der Waals surface area contributed by atoms with Gasteiger partial charge in [-0.15, -0.1) is 0 Å². The molecule has 2 heteroatoms. The maximum Gasteiger partial charge on any atom is 0.0727 e. The van der Waals surface area contributed by atoms with Gasteiger partial charge in [0.1, 0.15) is 0 Å². The fourth-order valence-corrected chi connectivity index (χ4v) is 14.1. The van der Waals surface area contributed by atoms with Crippen LogP contribution in [0.4, 0.5) is 34.1 Å². The molecule has 11 aromatic rings. The monoisotopic (exact) mass is 958 g/mol. The van der Waals surface area contributed by atoms with Crippen LogP contribution in [0.25, 0.3) is 55.6 Å². The summed E-state index contributed by atoms with van der Waals surface area (Å²) in [7, 11) is 0. The first kappa shape index (κ1) is 43.6. The lowest BCUT2D eigenvalue weighted by Gasteiger charge is -2.34. The van der Waals surface area contributed by atoms with Crippen molar-refractivity contribution in [3.63, 3.8) is 0 Å². The highest BCUT2D eigenvalue weighted by Crippen LogP contribution is 2.65. The van der Waals surface area contributed by atoms with Crippen molar-refractivity contribution in [2.45, 2.75) is 43.9 Å². The lowest BCUT2D eigenvalue weighted by atomic mass is 9.70. The molecule has 1 atom stereocenters. The average molecular weight is 959 g/mol. The maximum absolute atomic E-state index is 2.54. The number of anilines is 6. The van der Waals surface area contributed by atoms with E-state index in [2.05, 4.69) is 292 Å².